The first-order chi connectivity index (χ1) is 35.3. The Hall–Kier alpha value is -6.54. The monoisotopic (exact) mass is 999 g/mol. The molecule has 1 aliphatic heterocycles. The van der Waals surface area contributed by atoms with Gasteiger partial charge in [-0.05, 0) is 91.2 Å². The summed E-state index contributed by atoms with van der Waals surface area (Å²) in [5.41, 5.74) is 9.02. The van der Waals surface area contributed by atoms with Crippen molar-refractivity contribution in [2.75, 3.05) is 89.8 Å². The highest BCUT2D eigenvalue weighted by molar-refractivity contribution is 7.13. The normalized spacial score (nSPS) is 13.0. The Kier molecular flexibility index (Phi) is 17.0. The SMILES string of the molecule is CCn1c2ccc(CNCCOCCOCCOCCOCCn3cc(COc4ccc(C(=O)Nc5cc6c(cc5N5CCCCC5)n(C)c(=O)n6C)c(OC)c4)nn3)cc2c2ccc(-c3cccs3)cc21. The van der Waals surface area contributed by atoms with E-state index >= 15 is 0 Å². The lowest BCUT2D eigenvalue weighted by molar-refractivity contribution is -0.00245. The first kappa shape index (κ1) is 50.4. The molecule has 0 atom stereocenters. The number of methoxy groups -OCH3 is 1. The number of amides is 1. The number of nitrogens with zero attached hydrogens (tertiary/aromatic N) is 7. The summed E-state index contributed by atoms with van der Waals surface area (Å²) in [5.74, 6) is 0.545. The third-order valence-corrected chi connectivity index (χ3v) is 14.0. The van der Waals surface area contributed by atoms with E-state index in [4.69, 9.17) is 28.4 Å². The third-order valence-electron chi connectivity index (χ3n) is 13.1. The smallest absolute Gasteiger partial charge is 0.328 e. The minimum Gasteiger partial charge on any atom is -0.496 e. The average Bonchev–Trinajstić information content (AvgIpc) is 4.22. The number of nitrogens with one attached hydrogen (secondary N) is 2. The maximum Gasteiger partial charge on any atom is 0.328 e. The van der Waals surface area contributed by atoms with Crippen molar-refractivity contribution in [3.05, 3.63) is 118 Å². The number of carbonyl (C=O) groups excluding carboxylic acids is 1. The van der Waals surface area contributed by atoms with E-state index in [1.807, 2.05) is 18.3 Å². The van der Waals surface area contributed by atoms with Crippen molar-refractivity contribution >= 4 is 61.5 Å². The van der Waals surface area contributed by atoms with Crippen molar-refractivity contribution in [1.82, 2.24) is 34.0 Å². The molecule has 0 saturated carbocycles. The largest absolute Gasteiger partial charge is 0.496 e. The molecule has 380 valence electrons. The Labute approximate surface area is 423 Å². The van der Waals surface area contributed by atoms with Crippen molar-refractivity contribution in [1.29, 1.82) is 0 Å². The zero-order valence-corrected chi connectivity index (χ0v) is 42.5. The van der Waals surface area contributed by atoms with Gasteiger partial charge in [-0.1, -0.05) is 29.5 Å². The van der Waals surface area contributed by atoms with Crippen LogP contribution in [0.2, 0.25) is 0 Å². The van der Waals surface area contributed by atoms with Crippen LogP contribution in [0.25, 0.3) is 43.3 Å². The lowest BCUT2D eigenvalue weighted by atomic mass is 10.1. The van der Waals surface area contributed by atoms with Gasteiger partial charge in [0.15, 0.2) is 0 Å². The van der Waals surface area contributed by atoms with Crippen LogP contribution in [0, 0.1) is 0 Å². The quantitative estimate of drug-likeness (QED) is 0.0504. The van der Waals surface area contributed by atoms with Gasteiger partial charge >= 0.3 is 5.69 Å². The van der Waals surface area contributed by atoms with Crippen LogP contribution in [-0.2, 0) is 59.3 Å². The van der Waals surface area contributed by atoms with Crippen molar-refractivity contribution in [2.24, 2.45) is 14.1 Å². The highest BCUT2D eigenvalue weighted by Gasteiger charge is 2.22. The van der Waals surface area contributed by atoms with Crippen molar-refractivity contribution < 1.29 is 33.2 Å². The molecule has 1 aliphatic rings. The number of rotatable bonds is 26. The molecule has 4 aromatic heterocycles. The molecule has 17 nitrogen and oxygen atoms in total. The van der Waals surface area contributed by atoms with Gasteiger partial charge in [0.2, 0.25) is 0 Å². The van der Waals surface area contributed by atoms with E-state index in [9.17, 15) is 9.59 Å². The van der Waals surface area contributed by atoms with E-state index in [-0.39, 0.29) is 18.2 Å². The van der Waals surface area contributed by atoms with Gasteiger partial charge in [-0.25, -0.2) is 9.48 Å². The van der Waals surface area contributed by atoms with Gasteiger partial charge in [0, 0.05) is 79.6 Å². The predicted octanol–water partition coefficient (Wildman–Crippen LogP) is 8.01. The number of piperidine rings is 1. The number of imidazole rings is 1. The van der Waals surface area contributed by atoms with Gasteiger partial charge in [-0.15, -0.1) is 16.4 Å². The Morgan fingerprint density at radius 2 is 1.51 bits per heavy atom. The van der Waals surface area contributed by atoms with E-state index in [2.05, 4.69) is 91.2 Å². The molecule has 0 radical (unpaired) electrons. The fourth-order valence-corrected chi connectivity index (χ4v) is 10.1. The van der Waals surface area contributed by atoms with Crippen LogP contribution in [0.3, 0.4) is 0 Å². The molecule has 9 rings (SSSR count). The molecular weight excluding hydrogens is 935 g/mol. The molecule has 0 bridgehead atoms. The van der Waals surface area contributed by atoms with Crippen molar-refractivity contribution in [2.45, 2.75) is 52.4 Å². The van der Waals surface area contributed by atoms with Gasteiger partial charge in [-0.2, -0.15) is 0 Å². The van der Waals surface area contributed by atoms with E-state index in [0.717, 1.165) is 62.3 Å². The Bertz CT molecular complexity index is 3130. The second-order valence-electron chi connectivity index (χ2n) is 17.8. The maximum absolute atomic E-state index is 13.8. The zero-order valence-electron chi connectivity index (χ0n) is 41.7. The van der Waals surface area contributed by atoms with Gasteiger partial charge in [-0.3, -0.25) is 13.9 Å². The maximum atomic E-state index is 13.8. The molecule has 0 aliphatic carbocycles. The van der Waals surface area contributed by atoms with Gasteiger partial charge in [0.25, 0.3) is 5.91 Å². The highest BCUT2D eigenvalue weighted by Crippen LogP contribution is 2.36. The summed E-state index contributed by atoms with van der Waals surface area (Å²) in [6.45, 7) is 11.1. The molecule has 5 heterocycles. The third kappa shape index (κ3) is 11.9. The number of benzene rings is 4. The first-order valence-corrected chi connectivity index (χ1v) is 25.7. The van der Waals surface area contributed by atoms with E-state index in [0.29, 0.717) is 87.8 Å². The number of aromatic nitrogens is 6. The van der Waals surface area contributed by atoms with Crippen LogP contribution in [-0.4, -0.2) is 114 Å². The van der Waals surface area contributed by atoms with Crippen molar-refractivity contribution in [3.8, 4) is 21.9 Å². The fourth-order valence-electron chi connectivity index (χ4n) is 9.33. The van der Waals surface area contributed by atoms with Crippen LogP contribution in [0.1, 0.15) is 47.8 Å². The number of anilines is 2. The molecule has 1 saturated heterocycles. The van der Waals surface area contributed by atoms with Crippen LogP contribution < -0.4 is 30.7 Å². The Balaban J connectivity index is 0.617. The van der Waals surface area contributed by atoms with E-state index in [1.165, 1.54) is 51.3 Å². The number of hydrogen-bond acceptors (Lipinski definition) is 13. The van der Waals surface area contributed by atoms with Gasteiger partial charge in [0.1, 0.15) is 23.8 Å². The van der Waals surface area contributed by atoms with Crippen LogP contribution in [0.4, 0.5) is 11.4 Å². The molecule has 1 amide bonds. The summed E-state index contributed by atoms with van der Waals surface area (Å²) in [4.78, 5) is 30.1. The molecule has 1 fully saturated rings. The molecule has 0 unspecified atom stereocenters. The lowest BCUT2D eigenvalue weighted by Gasteiger charge is -2.30. The van der Waals surface area contributed by atoms with Crippen molar-refractivity contribution in [3.63, 3.8) is 0 Å². The summed E-state index contributed by atoms with van der Waals surface area (Å²) in [5, 5.41) is 19.8. The minimum absolute atomic E-state index is 0.122. The molecule has 72 heavy (non-hydrogen) atoms. The average molecular weight is 1000 g/mol. The van der Waals surface area contributed by atoms with E-state index in [1.54, 1.807) is 57.4 Å². The van der Waals surface area contributed by atoms with Crippen LogP contribution in [0.15, 0.2) is 95.2 Å². The predicted molar refractivity (Wildman–Crippen MR) is 283 cm³/mol. The number of ether oxygens (including phenoxy) is 6. The van der Waals surface area contributed by atoms with Gasteiger partial charge in [0.05, 0.1) is 101 Å². The molecule has 4 aromatic carbocycles. The molecule has 8 aromatic rings. The van der Waals surface area contributed by atoms with E-state index < -0.39 is 0 Å². The molecule has 2 N–H and O–H groups in total. The highest BCUT2D eigenvalue weighted by atomic mass is 32.1. The molecule has 0 spiro atoms. The minimum atomic E-state index is -0.332. The topological polar surface area (TPSA) is 162 Å². The molecule has 18 heteroatoms. The summed E-state index contributed by atoms with van der Waals surface area (Å²) >= 11 is 1.77. The number of aryl methyl sites for hydroxylation is 3. The summed E-state index contributed by atoms with van der Waals surface area (Å²) < 4.78 is 41.8. The van der Waals surface area contributed by atoms with Crippen LogP contribution >= 0.6 is 11.3 Å². The standard InChI is InChI=1S/C54H65N9O8S/c1-5-63-46-16-11-38(30-44(46)42-14-12-39(31-47(42)63)52-10-9-29-72-52)35-55-17-21-67-23-25-69-27-28-70-26-24-68-22-20-62-36-40(57-58-62)37-71-41-13-15-43(51(32-41)66-4)53(64)56-45-33-49-50(60(3)54(65)59(49)2)34-48(45)61-18-7-6-8-19-61/h9-16,29-34,36,55H,5-8,17-28,35,37H2,1-4H3,(H,56,64). The number of thiophene rings is 1. The second-order valence-corrected chi connectivity index (χ2v) is 18.8. The first-order valence-electron chi connectivity index (χ1n) is 24.9. The van der Waals surface area contributed by atoms with Gasteiger partial charge < -0.3 is 48.5 Å². The number of carbonyl (C=O) groups is 1. The Morgan fingerprint density at radius 3 is 2.25 bits per heavy atom. The summed E-state index contributed by atoms with van der Waals surface area (Å²) in [7, 11) is 5.02. The number of hydrogen-bond donors (Lipinski definition) is 2. The zero-order chi connectivity index (χ0) is 49.8. The lowest BCUT2D eigenvalue weighted by Crippen LogP contribution is -2.30. The summed E-state index contributed by atoms with van der Waals surface area (Å²) in [6, 6.07) is 26.9. The fraction of sp³-hybridized carbons (Fsp3) is 0.407. The molecular formula is C54H65N9O8S. The second kappa shape index (κ2) is 24.3. The summed E-state index contributed by atoms with van der Waals surface area (Å²) in [6.07, 6.45) is 5.11. The number of fused-ring (bicyclic) bond motifs is 4. The Morgan fingerprint density at radius 1 is 0.764 bits per heavy atom. The van der Waals surface area contributed by atoms with Crippen LogP contribution in [0.5, 0.6) is 11.5 Å².